The Hall–Kier alpha value is -1.03. The Bertz CT molecular complexity index is 510. The molecule has 0 amide bonds. The van der Waals surface area contributed by atoms with Crippen LogP contribution in [0.5, 0.6) is 5.75 Å². The molecule has 1 aromatic heterocycles. The van der Waals surface area contributed by atoms with Gasteiger partial charge in [0.15, 0.2) is 0 Å². The number of para-hydroxylation sites is 1. The minimum absolute atomic E-state index is 0.648. The van der Waals surface area contributed by atoms with Gasteiger partial charge in [-0.1, -0.05) is 36.7 Å². The Balaban J connectivity index is 2.26. The topological polar surface area (TPSA) is 29.5 Å². The molecule has 2 rings (SSSR count). The smallest absolute Gasteiger partial charge is 0.125 e. The van der Waals surface area contributed by atoms with Crippen molar-refractivity contribution in [1.29, 1.82) is 0 Å². The highest BCUT2D eigenvalue weighted by molar-refractivity contribution is 7.16. The number of rotatable bonds is 5. The Labute approximate surface area is 116 Å². The Kier molecular flexibility index (Phi) is 4.64. The number of halogens is 1. The second-order valence-corrected chi connectivity index (χ2v) is 5.68. The molecule has 2 nitrogen and oxygen atoms in total. The molecular weight excluding hydrogens is 268 g/mol. The van der Waals surface area contributed by atoms with E-state index >= 15 is 0 Å². The SMILES string of the molecule is CCCOc1ccccc1C(O)c1ccc(Cl)s1. The monoisotopic (exact) mass is 282 g/mol. The lowest BCUT2D eigenvalue weighted by Gasteiger charge is -2.14. The van der Waals surface area contributed by atoms with Crippen LogP contribution in [0.4, 0.5) is 0 Å². The number of ether oxygens (including phenoxy) is 1. The fourth-order valence-electron chi connectivity index (χ4n) is 1.68. The van der Waals surface area contributed by atoms with Gasteiger partial charge in [-0.25, -0.2) is 0 Å². The van der Waals surface area contributed by atoms with Crippen LogP contribution in [0.25, 0.3) is 0 Å². The van der Waals surface area contributed by atoms with Crippen molar-refractivity contribution in [1.82, 2.24) is 0 Å². The lowest BCUT2D eigenvalue weighted by Crippen LogP contribution is -2.03. The zero-order valence-corrected chi connectivity index (χ0v) is 11.7. The van der Waals surface area contributed by atoms with Crippen molar-refractivity contribution < 1.29 is 9.84 Å². The highest BCUT2D eigenvalue weighted by Crippen LogP contribution is 2.34. The van der Waals surface area contributed by atoms with Crippen molar-refractivity contribution in [2.24, 2.45) is 0 Å². The van der Waals surface area contributed by atoms with Gasteiger partial charge >= 0.3 is 0 Å². The highest BCUT2D eigenvalue weighted by Gasteiger charge is 2.16. The third-order valence-corrected chi connectivity index (χ3v) is 3.82. The normalized spacial score (nSPS) is 12.4. The Morgan fingerprint density at radius 3 is 2.72 bits per heavy atom. The molecule has 2 aromatic rings. The molecule has 1 heterocycles. The van der Waals surface area contributed by atoms with E-state index in [4.69, 9.17) is 16.3 Å². The predicted molar refractivity (Wildman–Crippen MR) is 75.6 cm³/mol. The number of aliphatic hydroxyl groups is 1. The van der Waals surface area contributed by atoms with E-state index in [0.29, 0.717) is 10.9 Å². The summed E-state index contributed by atoms with van der Waals surface area (Å²) in [6.45, 7) is 2.70. The average molecular weight is 283 g/mol. The number of thiophene rings is 1. The van der Waals surface area contributed by atoms with E-state index in [-0.39, 0.29) is 0 Å². The van der Waals surface area contributed by atoms with Gasteiger partial charge in [0.05, 0.1) is 10.9 Å². The highest BCUT2D eigenvalue weighted by atomic mass is 35.5. The standard InChI is InChI=1S/C14H15ClO2S/c1-2-9-17-11-6-4-3-5-10(11)14(16)12-7-8-13(15)18-12/h3-8,14,16H,2,9H2,1H3. The molecule has 0 saturated heterocycles. The first kappa shape index (κ1) is 13.4. The lowest BCUT2D eigenvalue weighted by molar-refractivity contribution is 0.214. The molecule has 18 heavy (non-hydrogen) atoms. The van der Waals surface area contributed by atoms with E-state index in [2.05, 4.69) is 6.92 Å². The summed E-state index contributed by atoms with van der Waals surface area (Å²) in [6, 6.07) is 11.2. The number of aliphatic hydroxyl groups excluding tert-OH is 1. The summed E-state index contributed by atoms with van der Waals surface area (Å²) >= 11 is 7.27. The molecule has 4 heteroatoms. The van der Waals surface area contributed by atoms with Crippen LogP contribution in [0.3, 0.4) is 0 Å². The van der Waals surface area contributed by atoms with E-state index in [1.54, 1.807) is 6.07 Å². The van der Waals surface area contributed by atoms with Crippen LogP contribution < -0.4 is 4.74 Å². The predicted octanol–water partition coefficient (Wildman–Crippen LogP) is 4.27. The number of hydrogen-bond acceptors (Lipinski definition) is 3. The van der Waals surface area contributed by atoms with Gasteiger partial charge in [-0.2, -0.15) is 0 Å². The molecule has 1 unspecified atom stereocenters. The average Bonchev–Trinajstić information content (AvgIpc) is 2.82. The van der Waals surface area contributed by atoms with Gasteiger partial charge in [0.1, 0.15) is 11.9 Å². The summed E-state index contributed by atoms with van der Waals surface area (Å²) in [6.07, 6.45) is 0.255. The largest absolute Gasteiger partial charge is 0.493 e. The molecule has 0 aliphatic heterocycles. The van der Waals surface area contributed by atoms with Crippen LogP contribution in [0.15, 0.2) is 36.4 Å². The second kappa shape index (κ2) is 6.23. The van der Waals surface area contributed by atoms with Crippen LogP contribution >= 0.6 is 22.9 Å². The molecule has 0 fully saturated rings. The molecule has 0 radical (unpaired) electrons. The number of hydrogen-bond donors (Lipinski definition) is 1. The number of benzene rings is 1. The summed E-state index contributed by atoms with van der Waals surface area (Å²) in [5.74, 6) is 0.733. The van der Waals surface area contributed by atoms with Crippen molar-refractivity contribution in [2.75, 3.05) is 6.61 Å². The molecule has 96 valence electrons. The maximum atomic E-state index is 10.4. The van der Waals surface area contributed by atoms with E-state index in [1.807, 2.05) is 30.3 Å². The van der Waals surface area contributed by atoms with Gasteiger partial charge < -0.3 is 9.84 Å². The second-order valence-electron chi connectivity index (χ2n) is 3.93. The molecule has 0 spiro atoms. The first-order chi connectivity index (χ1) is 8.72. The van der Waals surface area contributed by atoms with Gasteiger partial charge in [-0.3, -0.25) is 0 Å². The zero-order chi connectivity index (χ0) is 13.0. The van der Waals surface area contributed by atoms with Crippen molar-refractivity contribution >= 4 is 22.9 Å². The molecule has 0 bridgehead atoms. The summed E-state index contributed by atoms with van der Waals surface area (Å²) in [7, 11) is 0. The zero-order valence-electron chi connectivity index (χ0n) is 10.1. The molecule has 0 saturated carbocycles. The molecule has 1 N–H and O–H groups in total. The summed E-state index contributed by atoms with van der Waals surface area (Å²) in [4.78, 5) is 0.826. The first-order valence-electron chi connectivity index (χ1n) is 5.87. The van der Waals surface area contributed by atoms with Crippen LogP contribution in [-0.2, 0) is 0 Å². The van der Waals surface area contributed by atoms with E-state index in [1.165, 1.54) is 11.3 Å². The maximum absolute atomic E-state index is 10.4. The van der Waals surface area contributed by atoms with Crippen LogP contribution in [0.1, 0.15) is 29.9 Å². The summed E-state index contributed by atoms with van der Waals surface area (Å²) in [5, 5.41) is 10.4. The minimum Gasteiger partial charge on any atom is -0.493 e. The quantitative estimate of drug-likeness (QED) is 0.887. The van der Waals surface area contributed by atoms with E-state index in [0.717, 1.165) is 22.6 Å². The van der Waals surface area contributed by atoms with Crippen molar-refractivity contribution in [3.05, 3.63) is 51.2 Å². The summed E-state index contributed by atoms with van der Waals surface area (Å²) in [5.41, 5.74) is 0.782. The molecule has 0 aliphatic rings. The molecule has 1 aromatic carbocycles. The van der Waals surface area contributed by atoms with Gasteiger partial charge in [-0.05, 0) is 24.6 Å². The molecule has 0 aliphatic carbocycles. The Morgan fingerprint density at radius 1 is 1.28 bits per heavy atom. The third-order valence-electron chi connectivity index (χ3n) is 2.54. The lowest BCUT2D eigenvalue weighted by atomic mass is 10.1. The maximum Gasteiger partial charge on any atom is 0.125 e. The van der Waals surface area contributed by atoms with E-state index < -0.39 is 6.10 Å². The van der Waals surface area contributed by atoms with Gasteiger partial charge in [-0.15, -0.1) is 11.3 Å². The third kappa shape index (κ3) is 3.05. The van der Waals surface area contributed by atoms with Crippen LogP contribution in [0.2, 0.25) is 4.34 Å². The van der Waals surface area contributed by atoms with Crippen molar-refractivity contribution in [3.8, 4) is 5.75 Å². The van der Waals surface area contributed by atoms with Gasteiger partial charge in [0, 0.05) is 10.4 Å². The van der Waals surface area contributed by atoms with Crippen LogP contribution in [0, 0.1) is 0 Å². The van der Waals surface area contributed by atoms with Crippen LogP contribution in [-0.4, -0.2) is 11.7 Å². The minimum atomic E-state index is -0.685. The molecular formula is C14H15ClO2S. The summed E-state index contributed by atoms with van der Waals surface area (Å²) < 4.78 is 6.32. The fraction of sp³-hybridized carbons (Fsp3) is 0.286. The Morgan fingerprint density at radius 2 is 2.06 bits per heavy atom. The first-order valence-corrected chi connectivity index (χ1v) is 7.07. The molecule has 1 atom stereocenters. The fourth-order valence-corrected chi connectivity index (χ4v) is 2.74. The van der Waals surface area contributed by atoms with Crippen molar-refractivity contribution in [3.63, 3.8) is 0 Å². The van der Waals surface area contributed by atoms with Gasteiger partial charge in [0.2, 0.25) is 0 Å². The van der Waals surface area contributed by atoms with Crippen molar-refractivity contribution in [2.45, 2.75) is 19.4 Å². The van der Waals surface area contributed by atoms with E-state index in [9.17, 15) is 5.11 Å². The van der Waals surface area contributed by atoms with Gasteiger partial charge in [0.25, 0.3) is 0 Å².